The molecule has 1 aliphatic heterocycles. The van der Waals surface area contributed by atoms with Gasteiger partial charge >= 0.3 is 0 Å². The highest BCUT2D eigenvalue weighted by Crippen LogP contribution is 2.25. The fourth-order valence-corrected chi connectivity index (χ4v) is 4.28. The van der Waals surface area contributed by atoms with Crippen LogP contribution in [0.4, 0.5) is 5.69 Å². The van der Waals surface area contributed by atoms with Gasteiger partial charge in [0, 0.05) is 18.8 Å². The van der Waals surface area contributed by atoms with E-state index in [2.05, 4.69) is 0 Å². The molecule has 1 heterocycles. The molecule has 19 heavy (non-hydrogen) atoms. The average molecular weight is 282 g/mol. The van der Waals surface area contributed by atoms with Gasteiger partial charge in [0.15, 0.2) is 0 Å². The molecule has 106 valence electrons. The molecule has 1 aromatic carbocycles. The van der Waals surface area contributed by atoms with E-state index < -0.39 is 10.0 Å². The third-order valence-electron chi connectivity index (χ3n) is 3.76. The normalized spacial score (nSPS) is 18.8. The van der Waals surface area contributed by atoms with Crippen molar-refractivity contribution in [2.45, 2.75) is 43.9 Å². The number of benzene rings is 1. The van der Waals surface area contributed by atoms with Crippen LogP contribution in [0.3, 0.4) is 0 Å². The molecule has 2 rings (SSSR count). The number of sulfonamides is 1. The molecule has 0 radical (unpaired) electrons. The van der Waals surface area contributed by atoms with Crippen molar-refractivity contribution in [1.82, 2.24) is 4.31 Å². The number of hydrogen-bond donors (Lipinski definition) is 1. The van der Waals surface area contributed by atoms with Crippen molar-refractivity contribution in [3.63, 3.8) is 0 Å². The molecule has 0 aliphatic carbocycles. The van der Waals surface area contributed by atoms with E-state index in [-0.39, 0.29) is 0 Å². The topological polar surface area (TPSA) is 63.4 Å². The lowest BCUT2D eigenvalue weighted by Crippen LogP contribution is -2.34. The van der Waals surface area contributed by atoms with Crippen molar-refractivity contribution >= 4 is 15.7 Å². The van der Waals surface area contributed by atoms with Crippen molar-refractivity contribution in [3.05, 3.63) is 23.8 Å². The molecule has 0 unspecified atom stereocenters. The second-order valence-electron chi connectivity index (χ2n) is 5.14. The molecule has 0 saturated carbocycles. The first-order valence-corrected chi connectivity index (χ1v) is 8.33. The second-order valence-corrected chi connectivity index (χ2v) is 7.05. The van der Waals surface area contributed by atoms with E-state index in [1.54, 1.807) is 29.4 Å². The summed E-state index contributed by atoms with van der Waals surface area (Å²) in [4.78, 5) is 0.355. The van der Waals surface area contributed by atoms with E-state index in [0.29, 0.717) is 29.2 Å². The summed E-state index contributed by atoms with van der Waals surface area (Å²) < 4.78 is 27.0. The summed E-state index contributed by atoms with van der Waals surface area (Å²) in [5.74, 6) is 0. The quantitative estimate of drug-likeness (QED) is 0.848. The van der Waals surface area contributed by atoms with Gasteiger partial charge in [0.25, 0.3) is 0 Å². The van der Waals surface area contributed by atoms with Gasteiger partial charge in [-0.25, -0.2) is 8.42 Å². The Morgan fingerprint density at radius 2 is 1.63 bits per heavy atom. The Morgan fingerprint density at radius 1 is 1.05 bits per heavy atom. The van der Waals surface area contributed by atoms with Crippen LogP contribution >= 0.6 is 0 Å². The number of nitrogen functional groups attached to an aromatic ring is 1. The minimum Gasteiger partial charge on any atom is -0.398 e. The van der Waals surface area contributed by atoms with Gasteiger partial charge in [0.1, 0.15) is 0 Å². The molecule has 0 atom stereocenters. The molecule has 1 aliphatic rings. The highest BCUT2D eigenvalue weighted by Gasteiger charge is 2.26. The van der Waals surface area contributed by atoms with Crippen LogP contribution in [0.15, 0.2) is 23.1 Å². The van der Waals surface area contributed by atoms with E-state index in [0.717, 1.165) is 25.7 Å². The Kier molecular flexibility index (Phi) is 4.47. The molecular formula is C14H22N2O2S. The van der Waals surface area contributed by atoms with E-state index >= 15 is 0 Å². The van der Waals surface area contributed by atoms with Crippen molar-refractivity contribution in [1.29, 1.82) is 0 Å². The molecule has 2 N–H and O–H groups in total. The van der Waals surface area contributed by atoms with Crippen LogP contribution in [0.2, 0.25) is 0 Å². The number of nitrogens with zero attached hydrogens (tertiary/aromatic N) is 1. The van der Waals surface area contributed by atoms with Crippen molar-refractivity contribution in [3.8, 4) is 0 Å². The Balaban J connectivity index is 2.32. The number of rotatable bonds is 2. The zero-order valence-electron chi connectivity index (χ0n) is 11.4. The summed E-state index contributed by atoms with van der Waals surface area (Å²) in [6.45, 7) is 3.01. The highest BCUT2D eigenvalue weighted by atomic mass is 32.2. The summed E-state index contributed by atoms with van der Waals surface area (Å²) >= 11 is 0. The Hall–Kier alpha value is -1.07. The van der Waals surface area contributed by atoms with E-state index in [9.17, 15) is 8.42 Å². The standard InChI is InChI=1S/C14H22N2O2S/c1-12-13(15)8-7-9-14(12)19(17,18)16-10-5-3-2-4-6-11-16/h7-9H,2-6,10-11,15H2,1H3. The predicted molar refractivity (Wildman–Crippen MR) is 77.4 cm³/mol. The van der Waals surface area contributed by atoms with Gasteiger partial charge in [0.05, 0.1) is 4.90 Å². The van der Waals surface area contributed by atoms with Crippen LogP contribution in [-0.2, 0) is 10.0 Å². The smallest absolute Gasteiger partial charge is 0.243 e. The minimum absolute atomic E-state index is 0.355. The van der Waals surface area contributed by atoms with Gasteiger partial charge in [0.2, 0.25) is 10.0 Å². The van der Waals surface area contributed by atoms with Crippen LogP contribution in [0.25, 0.3) is 0 Å². The molecule has 0 spiro atoms. The predicted octanol–water partition coefficient (Wildman–Crippen LogP) is 2.53. The van der Waals surface area contributed by atoms with Crippen LogP contribution in [0.5, 0.6) is 0 Å². The van der Waals surface area contributed by atoms with Gasteiger partial charge < -0.3 is 5.73 Å². The molecule has 0 amide bonds. The van der Waals surface area contributed by atoms with Crippen LogP contribution in [0.1, 0.15) is 37.7 Å². The van der Waals surface area contributed by atoms with E-state index in [4.69, 9.17) is 5.73 Å². The van der Waals surface area contributed by atoms with Crippen molar-refractivity contribution in [2.24, 2.45) is 0 Å². The molecule has 1 fully saturated rings. The first-order chi connectivity index (χ1) is 9.03. The van der Waals surface area contributed by atoms with Crippen LogP contribution < -0.4 is 5.73 Å². The van der Waals surface area contributed by atoms with Gasteiger partial charge in [-0.2, -0.15) is 4.31 Å². The van der Waals surface area contributed by atoms with Crippen LogP contribution in [0, 0.1) is 6.92 Å². The summed E-state index contributed by atoms with van der Waals surface area (Å²) in [6, 6.07) is 5.10. The largest absolute Gasteiger partial charge is 0.398 e. The molecule has 4 nitrogen and oxygen atoms in total. The van der Waals surface area contributed by atoms with Gasteiger partial charge in [-0.15, -0.1) is 0 Å². The minimum atomic E-state index is -3.40. The Labute approximate surface area is 115 Å². The van der Waals surface area contributed by atoms with Gasteiger partial charge in [-0.3, -0.25) is 0 Å². The zero-order chi connectivity index (χ0) is 13.9. The molecule has 1 aromatic rings. The fraction of sp³-hybridized carbons (Fsp3) is 0.571. The second kappa shape index (κ2) is 5.92. The van der Waals surface area contributed by atoms with Crippen LogP contribution in [-0.4, -0.2) is 25.8 Å². The molecule has 0 aromatic heterocycles. The zero-order valence-corrected chi connectivity index (χ0v) is 12.2. The molecule has 1 saturated heterocycles. The number of anilines is 1. The number of hydrogen-bond acceptors (Lipinski definition) is 3. The maximum absolute atomic E-state index is 12.7. The van der Waals surface area contributed by atoms with Gasteiger partial charge in [-0.05, 0) is 37.5 Å². The van der Waals surface area contributed by atoms with E-state index in [1.807, 2.05) is 0 Å². The van der Waals surface area contributed by atoms with E-state index in [1.165, 1.54) is 6.42 Å². The van der Waals surface area contributed by atoms with Gasteiger partial charge in [-0.1, -0.05) is 25.3 Å². The maximum Gasteiger partial charge on any atom is 0.243 e. The lowest BCUT2D eigenvalue weighted by Gasteiger charge is -2.25. The Morgan fingerprint density at radius 3 is 2.26 bits per heavy atom. The first-order valence-electron chi connectivity index (χ1n) is 6.89. The summed E-state index contributed by atoms with van der Waals surface area (Å²) in [6.07, 6.45) is 5.33. The SMILES string of the molecule is Cc1c(N)cccc1S(=O)(=O)N1CCCCCCC1. The third-order valence-corrected chi connectivity index (χ3v) is 5.80. The lowest BCUT2D eigenvalue weighted by atomic mass is 10.1. The maximum atomic E-state index is 12.7. The Bertz CT molecular complexity index is 532. The number of nitrogens with two attached hydrogens (primary N) is 1. The molecule has 5 heteroatoms. The third kappa shape index (κ3) is 3.09. The lowest BCUT2D eigenvalue weighted by molar-refractivity contribution is 0.364. The monoisotopic (exact) mass is 282 g/mol. The average Bonchev–Trinajstić information content (AvgIpc) is 2.31. The summed E-state index contributed by atoms with van der Waals surface area (Å²) in [7, 11) is -3.40. The molecule has 0 bridgehead atoms. The van der Waals surface area contributed by atoms with Crippen molar-refractivity contribution < 1.29 is 8.42 Å². The first kappa shape index (κ1) is 14.3. The fourth-order valence-electron chi connectivity index (χ4n) is 2.51. The summed E-state index contributed by atoms with van der Waals surface area (Å²) in [5.41, 5.74) is 7.01. The molecular weight excluding hydrogens is 260 g/mol. The van der Waals surface area contributed by atoms with Crippen molar-refractivity contribution in [2.75, 3.05) is 18.8 Å². The summed E-state index contributed by atoms with van der Waals surface area (Å²) in [5, 5.41) is 0. The highest BCUT2D eigenvalue weighted by molar-refractivity contribution is 7.89.